The third-order valence-corrected chi connectivity index (χ3v) is 6.55. The van der Waals surface area contributed by atoms with Crippen molar-refractivity contribution < 1.29 is 17.2 Å². The number of nitrogens with one attached hydrogen (secondary N) is 1. The summed E-state index contributed by atoms with van der Waals surface area (Å²) in [6.45, 7) is 1.82. The average Bonchev–Trinajstić information content (AvgIpc) is 2.93. The lowest BCUT2D eigenvalue weighted by Gasteiger charge is -2.06. The Morgan fingerprint density at radius 2 is 1.81 bits per heavy atom. The SMILES string of the molecule is Cc1nc(-c2ccccc2Cl)sc1CNS(=O)(=O)Cc1cc(F)cc(F)c1. The summed E-state index contributed by atoms with van der Waals surface area (Å²) in [5, 5.41) is 1.26. The summed E-state index contributed by atoms with van der Waals surface area (Å²) in [5.74, 6) is -2.15. The van der Waals surface area contributed by atoms with Gasteiger partial charge in [0.15, 0.2) is 0 Å². The van der Waals surface area contributed by atoms with Crippen molar-refractivity contribution in [2.75, 3.05) is 0 Å². The van der Waals surface area contributed by atoms with Gasteiger partial charge in [-0.15, -0.1) is 11.3 Å². The van der Waals surface area contributed by atoms with Gasteiger partial charge in [0.1, 0.15) is 16.6 Å². The van der Waals surface area contributed by atoms with Crippen LogP contribution in [0.3, 0.4) is 0 Å². The number of hydrogen-bond acceptors (Lipinski definition) is 4. The van der Waals surface area contributed by atoms with Gasteiger partial charge in [-0.25, -0.2) is 26.9 Å². The first-order valence-corrected chi connectivity index (χ1v) is 10.7. The van der Waals surface area contributed by atoms with Crippen molar-refractivity contribution in [3.63, 3.8) is 0 Å². The molecule has 142 valence electrons. The summed E-state index contributed by atoms with van der Waals surface area (Å²) in [7, 11) is -3.78. The predicted molar refractivity (Wildman–Crippen MR) is 103 cm³/mol. The van der Waals surface area contributed by atoms with Crippen molar-refractivity contribution >= 4 is 33.0 Å². The molecule has 3 aromatic rings. The van der Waals surface area contributed by atoms with Gasteiger partial charge in [-0.2, -0.15) is 0 Å². The number of sulfonamides is 1. The number of aromatic nitrogens is 1. The van der Waals surface area contributed by atoms with Gasteiger partial charge < -0.3 is 0 Å². The normalized spacial score (nSPS) is 11.7. The summed E-state index contributed by atoms with van der Waals surface area (Å²) in [6, 6.07) is 9.95. The molecule has 1 heterocycles. The van der Waals surface area contributed by atoms with Crippen molar-refractivity contribution in [1.29, 1.82) is 0 Å². The second kappa shape index (κ2) is 8.02. The second-order valence-corrected chi connectivity index (χ2v) is 9.16. The molecule has 0 spiro atoms. The molecule has 3 rings (SSSR count). The molecule has 9 heteroatoms. The van der Waals surface area contributed by atoms with Crippen LogP contribution in [0.5, 0.6) is 0 Å². The van der Waals surface area contributed by atoms with Gasteiger partial charge in [0.05, 0.1) is 16.5 Å². The van der Waals surface area contributed by atoms with Crippen LogP contribution >= 0.6 is 22.9 Å². The van der Waals surface area contributed by atoms with E-state index < -0.39 is 27.4 Å². The highest BCUT2D eigenvalue weighted by molar-refractivity contribution is 7.88. The zero-order chi connectivity index (χ0) is 19.6. The third kappa shape index (κ3) is 5.10. The van der Waals surface area contributed by atoms with Crippen LogP contribution < -0.4 is 4.72 Å². The highest BCUT2D eigenvalue weighted by atomic mass is 35.5. The first kappa shape index (κ1) is 19.9. The molecule has 4 nitrogen and oxygen atoms in total. The number of thiazole rings is 1. The van der Waals surface area contributed by atoms with E-state index in [1.165, 1.54) is 11.3 Å². The van der Waals surface area contributed by atoms with Gasteiger partial charge in [-0.1, -0.05) is 29.8 Å². The fourth-order valence-corrected chi connectivity index (χ4v) is 4.97. The molecule has 0 aliphatic heterocycles. The van der Waals surface area contributed by atoms with Crippen LogP contribution in [0, 0.1) is 18.6 Å². The molecule has 0 atom stereocenters. The molecule has 0 aliphatic rings. The fraction of sp³-hybridized carbons (Fsp3) is 0.167. The first-order chi connectivity index (χ1) is 12.7. The van der Waals surface area contributed by atoms with Crippen LogP contribution in [0.1, 0.15) is 16.1 Å². The molecule has 1 aromatic heterocycles. The molecule has 0 unspecified atom stereocenters. The Bertz CT molecular complexity index is 1060. The minimum absolute atomic E-state index is 0.0358. The quantitative estimate of drug-likeness (QED) is 0.620. The van der Waals surface area contributed by atoms with Crippen LogP contribution in [0.2, 0.25) is 5.02 Å². The topological polar surface area (TPSA) is 59.1 Å². The van der Waals surface area contributed by atoms with Crippen LogP contribution in [0.25, 0.3) is 10.6 Å². The summed E-state index contributed by atoms with van der Waals surface area (Å²) in [4.78, 5) is 5.18. The number of benzene rings is 2. The van der Waals surface area contributed by atoms with E-state index in [0.29, 0.717) is 21.8 Å². The van der Waals surface area contributed by atoms with Crippen LogP contribution in [0.4, 0.5) is 8.78 Å². The zero-order valence-electron chi connectivity index (χ0n) is 14.2. The lowest BCUT2D eigenvalue weighted by molar-refractivity contribution is 0.574. The maximum absolute atomic E-state index is 13.2. The summed E-state index contributed by atoms with van der Waals surface area (Å²) < 4.78 is 53.4. The van der Waals surface area contributed by atoms with E-state index in [1.807, 2.05) is 18.2 Å². The Kier molecular flexibility index (Phi) is 5.90. The van der Waals surface area contributed by atoms with Gasteiger partial charge in [0.25, 0.3) is 0 Å². The van der Waals surface area contributed by atoms with Gasteiger partial charge in [0, 0.05) is 23.1 Å². The maximum Gasteiger partial charge on any atom is 0.216 e. The Labute approximate surface area is 164 Å². The van der Waals surface area contributed by atoms with E-state index in [9.17, 15) is 17.2 Å². The molecule has 0 fully saturated rings. The molecular weight excluding hydrogens is 414 g/mol. The first-order valence-electron chi connectivity index (χ1n) is 7.87. The van der Waals surface area contributed by atoms with Crippen LogP contribution in [-0.2, 0) is 22.3 Å². The number of halogens is 3. The molecule has 0 bridgehead atoms. The average molecular weight is 429 g/mol. The van der Waals surface area contributed by atoms with Crippen molar-refractivity contribution in [3.05, 3.63) is 75.3 Å². The standard InChI is InChI=1S/C18H15ClF2N2O2S2/c1-11-17(26-18(23-11)15-4-2-3-5-16(15)19)9-22-27(24,25)10-12-6-13(20)8-14(21)7-12/h2-8,22H,9-10H2,1H3. The van der Waals surface area contributed by atoms with Crippen molar-refractivity contribution in [3.8, 4) is 10.6 Å². The lowest BCUT2D eigenvalue weighted by atomic mass is 10.2. The summed E-state index contributed by atoms with van der Waals surface area (Å²) >= 11 is 7.52. The van der Waals surface area contributed by atoms with Gasteiger partial charge in [0.2, 0.25) is 10.0 Å². The van der Waals surface area contributed by atoms with Gasteiger partial charge >= 0.3 is 0 Å². The van der Waals surface area contributed by atoms with E-state index in [1.54, 1.807) is 13.0 Å². The molecule has 0 saturated carbocycles. The molecule has 1 N–H and O–H groups in total. The van der Waals surface area contributed by atoms with Gasteiger partial charge in [-0.05, 0) is 30.7 Å². The van der Waals surface area contributed by atoms with Gasteiger partial charge in [-0.3, -0.25) is 0 Å². The fourth-order valence-electron chi connectivity index (χ4n) is 2.48. The van der Waals surface area contributed by atoms with E-state index in [4.69, 9.17) is 11.6 Å². The Hall–Kier alpha value is -1.87. The monoisotopic (exact) mass is 428 g/mol. The molecular formula is C18H15ClF2N2O2S2. The second-order valence-electron chi connectivity index (χ2n) is 5.87. The molecule has 0 saturated heterocycles. The largest absolute Gasteiger partial charge is 0.241 e. The Morgan fingerprint density at radius 3 is 2.48 bits per heavy atom. The van der Waals surface area contributed by atoms with Crippen molar-refractivity contribution in [1.82, 2.24) is 9.71 Å². The lowest BCUT2D eigenvalue weighted by Crippen LogP contribution is -2.24. The molecule has 27 heavy (non-hydrogen) atoms. The minimum atomic E-state index is -3.78. The summed E-state index contributed by atoms with van der Waals surface area (Å²) in [6.07, 6.45) is 0. The number of rotatable bonds is 6. The van der Waals surface area contributed by atoms with E-state index in [-0.39, 0.29) is 12.1 Å². The molecule has 0 amide bonds. The maximum atomic E-state index is 13.2. The van der Waals surface area contributed by atoms with E-state index in [2.05, 4.69) is 9.71 Å². The Morgan fingerprint density at radius 1 is 1.15 bits per heavy atom. The number of hydrogen-bond donors (Lipinski definition) is 1. The van der Waals surface area contributed by atoms with E-state index in [0.717, 1.165) is 22.6 Å². The number of nitrogens with zero attached hydrogens (tertiary/aromatic N) is 1. The predicted octanol–water partition coefficient (Wildman–Crippen LogP) is 4.67. The summed E-state index contributed by atoms with van der Waals surface area (Å²) in [5.41, 5.74) is 1.50. The zero-order valence-corrected chi connectivity index (χ0v) is 16.6. The van der Waals surface area contributed by atoms with Crippen molar-refractivity contribution in [2.45, 2.75) is 19.2 Å². The third-order valence-electron chi connectivity index (χ3n) is 3.73. The highest BCUT2D eigenvalue weighted by Gasteiger charge is 2.16. The Balaban J connectivity index is 1.73. The molecule has 0 radical (unpaired) electrons. The molecule has 2 aromatic carbocycles. The van der Waals surface area contributed by atoms with Crippen molar-refractivity contribution in [2.24, 2.45) is 0 Å². The van der Waals surface area contributed by atoms with Crippen LogP contribution in [0.15, 0.2) is 42.5 Å². The van der Waals surface area contributed by atoms with E-state index >= 15 is 0 Å². The molecule has 0 aliphatic carbocycles. The smallest absolute Gasteiger partial charge is 0.216 e. The van der Waals surface area contributed by atoms with Crippen LogP contribution in [-0.4, -0.2) is 13.4 Å². The number of aryl methyl sites for hydroxylation is 1. The highest BCUT2D eigenvalue weighted by Crippen LogP contribution is 2.32. The minimum Gasteiger partial charge on any atom is -0.241 e.